The van der Waals surface area contributed by atoms with Gasteiger partial charge in [-0.25, -0.2) is 4.79 Å². The van der Waals surface area contributed by atoms with Crippen molar-refractivity contribution in [1.29, 1.82) is 0 Å². The maximum absolute atomic E-state index is 12.3. The van der Waals surface area contributed by atoms with Crippen molar-refractivity contribution in [2.45, 2.75) is 74.9 Å². The highest BCUT2D eigenvalue weighted by molar-refractivity contribution is 5.87. The molecule has 10 atom stereocenters. The Morgan fingerprint density at radius 3 is 2.29 bits per heavy atom. The Morgan fingerprint density at radius 2 is 1.59 bits per heavy atom. The molecule has 0 aromatic heterocycles. The van der Waals surface area contributed by atoms with Crippen molar-refractivity contribution in [3.63, 3.8) is 0 Å². The number of benzene rings is 2. The van der Waals surface area contributed by atoms with Gasteiger partial charge in [-0.15, -0.1) is 0 Å². The quantitative estimate of drug-likeness (QED) is 0.114. The van der Waals surface area contributed by atoms with Crippen molar-refractivity contribution in [1.82, 2.24) is 0 Å². The third-order valence-electron chi connectivity index (χ3n) is 6.80. The molecule has 0 saturated carbocycles. The van der Waals surface area contributed by atoms with Crippen LogP contribution in [0.15, 0.2) is 54.6 Å². The summed E-state index contributed by atoms with van der Waals surface area (Å²) in [6, 6.07) is 12.9. The Bertz CT molecular complexity index is 1170. The Hall–Kier alpha value is -3.11. The predicted molar refractivity (Wildman–Crippen MR) is 139 cm³/mol. The zero-order valence-electron chi connectivity index (χ0n) is 22.0. The fraction of sp³-hybridized carbons (Fsp3) is 0.464. The Balaban J connectivity index is 1.45. The van der Waals surface area contributed by atoms with Crippen LogP contribution in [0, 0.1) is 0 Å². The molecule has 2 aliphatic rings. The zero-order valence-corrected chi connectivity index (χ0v) is 22.0. The van der Waals surface area contributed by atoms with Gasteiger partial charge in [-0.1, -0.05) is 36.4 Å². The number of phenolic OH excluding ortho intramolecular Hbond substituents is 2. The number of hydrogen-bond donors (Lipinski definition) is 7. The van der Waals surface area contributed by atoms with Gasteiger partial charge in [0.25, 0.3) is 0 Å². The molecule has 13 nitrogen and oxygen atoms in total. The molecule has 0 radical (unpaired) electrons. The maximum atomic E-state index is 12.3. The van der Waals surface area contributed by atoms with E-state index in [1.165, 1.54) is 31.2 Å². The van der Waals surface area contributed by atoms with E-state index in [1.807, 2.05) is 6.07 Å². The molecule has 0 spiro atoms. The van der Waals surface area contributed by atoms with E-state index in [2.05, 4.69) is 0 Å². The highest BCUT2D eigenvalue weighted by Crippen LogP contribution is 2.30. The van der Waals surface area contributed by atoms with Crippen LogP contribution in [-0.2, 0) is 35.1 Å². The number of ether oxygens (including phenoxy) is 5. The van der Waals surface area contributed by atoms with Gasteiger partial charge in [-0.2, -0.15) is 0 Å². The number of hydrogen-bond acceptors (Lipinski definition) is 13. The van der Waals surface area contributed by atoms with Crippen molar-refractivity contribution in [3.05, 3.63) is 65.7 Å². The van der Waals surface area contributed by atoms with Crippen LogP contribution >= 0.6 is 0 Å². The molecule has 2 fully saturated rings. The van der Waals surface area contributed by atoms with Gasteiger partial charge in [0.05, 0.1) is 12.7 Å². The largest absolute Gasteiger partial charge is 0.504 e. The number of aliphatic hydroxyl groups is 5. The molecular weight excluding hydrogens is 544 g/mol. The molecule has 0 unspecified atom stereocenters. The molecule has 2 aromatic carbocycles. The summed E-state index contributed by atoms with van der Waals surface area (Å²) in [6.07, 6.45) is -12.1. The van der Waals surface area contributed by atoms with Crippen molar-refractivity contribution in [3.8, 4) is 11.5 Å². The zero-order chi connectivity index (χ0) is 29.7. The van der Waals surface area contributed by atoms with E-state index in [0.717, 1.165) is 11.6 Å². The van der Waals surface area contributed by atoms with Crippen molar-refractivity contribution >= 4 is 12.0 Å². The molecule has 4 rings (SSSR count). The number of aromatic hydroxyl groups is 2. The number of carbonyl (C=O) groups is 1. The van der Waals surface area contributed by atoms with Crippen LogP contribution in [-0.4, -0.2) is 110 Å². The molecule has 0 amide bonds. The first-order chi connectivity index (χ1) is 19.5. The molecule has 2 aromatic rings. The summed E-state index contributed by atoms with van der Waals surface area (Å²) in [4.78, 5) is 12.3. The van der Waals surface area contributed by atoms with E-state index < -0.39 is 74.0 Å². The minimum Gasteiger partial charge on any atom is -0.504 e. The van der Waals surface area contributed by atoms with E-state index in [1.54, 1.807) is 24.3 Å². The smallest absolute Gasteiger partial charge is 0.330 e. The molecule has 13 heteroatoms. The first kappa shape index (κ1) is 30.8. The molecule has 2 heterocycles. The van der Waals surface area contributed by atoms with Crippen LogP contribution < -0.4 is 0 Å². The van der Waals surface area contributed by atoms with Gasteiger partial charge in [-0.05, 0) is 36.3 Å². The van der Waals surface area contributed by atoms with Gasteiger partial charge in [0.2, 0.25) is 0 Å². The minimum atomic E-state index is -1.70. The van der Waals surface area contributed by atoms with Crippen LogP contribution in [0.3, 0.4) is 0 Å². The van der Waals surface area contributed by atoms with E-state index in [0.29, 0.717) is 5.56 Å². The van der Waals surface area contributed by atoms with Crippen LogP contribution in [0.4, 0.5) is 0 Å². The van der Waals surface area contributed by atoms with E-state index in [-0.39, 0.29) is 18.1 Å². The predicted octanol–water partition coefficient (Wildman–Crippen LogP) is -0.470. The Morgan fingerprint density at radius 1 is 0.854 bits per heavy atom. The molecule has 224 valence electrons. The van der Waals surface area contributed by atoms with Gasteiger partial charge >= 0.3 is 5.97 Å². The van der Waals surface area contributed by atoms with Crippen molar-refractivity contribution in [2.24, 2.45) is 0 Å². The first-order valence-corrected chi connectivity index (χ1v) is 12.9. The van der Waals surface area contributed by atoms with Crippen molar-refractivity contribution < 1.29 is 64.2 Å². The Labute approximate surface area is 235 Å². The van der Waals surface area contributed by atoms with Crippen molar-refractivity contribution in [2.75, 3.05) is 6.61 Å². The highest BCUT2D eigenvalue weighted by atomic mass is 16.7. The molecule has 2 aliphatic heterocycles. The molecule has 2 saturated heterocycles. The SMILES string of the molecule is C[C@@H]1O[C@@H](O[C@@H]2[C@@H](O)[C@H](OCc3ccccc3)O[C@H](COC(=O)C=Cc3ccc(O)c(O)c3)[C@H]2O)[C@H](O)[C@H](O)[C@H]1O. The molecule has 0 bridgehead atoms. The van der Waals surface area contributed by atoms with E-state index in [9.17, 15) is 40.5 Å². The van der Waals surface area contributed by atoms with Crippen LogP contribution in [0.5, 0.6) is 11.5 Å². The lowest BCUT2D eigenvalue weighted by molar-refractivity contribution is -0.358. The molecule has 7 N–H and O–H groups in total. The topological polar surface area (TPSA) is 205 Å². The number of phenols is 2. The molecule has 0 aliphatic carbocycles. The summed E-state index contributed by atoms with van der Waals surface area (Å²) in [7, 11) is 0. The minimum absolute atomic E-state index is 0.0184. The molecule has 41 heavy (non-hydrogen) atoms. The second kappa shape index (κ2) is 13.7. The van der Waals surface area contributed by atoms with Gasteiger partial charge in [0.1, 0.15) is 49.3 Å². The maximum Gasteiger partial charge on any atom is 0.330 e. The number of esters is 1. The third-order valence-corrected chi connectivity index (χ3v) is 6.80. The van der Waals surface area contributed by atoms with E-state index >= 15 is 0 Å². The lowest BCUT2D eigenvalue weighted by atomic mass is 9.97. The lowest BCUT2D eigenvalue weighted by Crippen LogP contribution is -2.64. The van der Waals surface area contributed by atoms with Gasteiger partial charge in [0.15, 0.2) is 24.1 Å². The van der Waals surface area contributed by atoms with E-state index in [4.69, 9.17) is 23.7 Å². The monoisotopic (exact) mass is 578 g/mol. The lowest BCUT2D eigenvalue weighted by Gasteiger charge is -2.45. The summed E-state index contributed by atoms with van der Waals surface area (Å²) < 4.78 is 27.8. The normalized spacial score (nSPS) is 34.0. The second-order valence-electron chi connectivity index (χ2n) is 9.81. The van der Waals surface area contributed by atoms with Gasteiger partial charge in [-0.3, -0.25) is 0 Å². The van der Waals surface area contributed by atoms with Gasteiger partial charge < -0.3 is 59.4 Å². The second-order valence-corrected chi connectivity index (χ2v) is 9.81. The summed E-state index contributed by atoms with van der Waals surface area (Å²) in [6.45, 7) is 0.980. The van der Waals surface area contributed by atoms with Gasteiger partial charge in [0, 0.05) is 6.08 Å². The number of carbonyl (C=O) groups excluding carboxylic acids is 1. The van der Waals surface area contributed by atoms with Crippen LogP contribution in [0.2, 0.25) is 0 Å². The highest BCUT2D eigenvalue weighted by Gasteiger charge is 2.50. The third kappa shape index (κ3) is 7.60. The summed E-state index contributed by atoms with van der Waals surface area (Å²) in [5, 5.41) is 71.5. The fourth-order valence-electron chi connectivity index (χ4n) is 4.39. The number of aliphatic hydroxyl groups excluding tert-OH is 5. The average molecular weight is 579 g/mol. The Kier molecular flexibility index (Phi) is 10.3. The van der Waals surface area contributed by atoms with Crippen LogP contribution in [0.25, 0.3) is 6.08 Å². The fourth-order valence-corrected chi connectivity index (χ4v) is 4.39. The summed E-state index contributed by atoms with van der Waals surface area (Å²) in [5.74, 6) is -1.51. The number of rotatable bonds is 9. The van der Waals surface area contributed by atoms with Crippen LogP contribution in [0.1, 0.15) is 18.1 Å². The molecular formula is C28H34O13. The average Bonchev–Trinajstić information content (AvgIpc) is 2.96. The summed E-state index contributed by atoms with van der Waals surface area (Å²) >= 11 is 0. The first-order valence-electron chi connectivity index (χ1n) is 12.9. The standard InChI is InChI=1S/C28H34O13/c1-14-21(32)23(34)24(35)28(39-14)41-26-22(33)19(40-27(25(26)36)38-12-16-5-3-2-4-6-16)13-37-20(31)10-8-15-7-9-17(29)18(30)11-15/h2-11,14,19,21-30,32-36H,12-13H2,1H3/t14-,19+,21-,22+,23+,24+,25+,26-,27+,28-/m0/s1. The summed E-state index contributed by atoms with van der Waals surface area (Å²) in [5.41, 5.74) is 1.17.